The summed E-state index contributed by atoms with van der Waals surface area (Å²) in [6, 6.07) is 23.9. The van der Waals surface area contributed by atoms with Gasteiger partial charge in [0.2, 0.25) is 46.0 Å². The van der Waals surface area contributed by atoms with Crippen molar-refractivity contribution < 1.29 is 120 Å². The first-order valence-corrected chi connectivity index (χ1v) is 35.3. The number of rotatable bonds is 20. The Morgan fingerprint density at radius 3 is 1.49 bits per heavy atom. The van der Waals surface area contributed by atoms with Crippen LogP contribution in [0.1, 0.15) is 100 Å². The van der Waals surface area contributed by atoms with Gasteiger partial charge < -0.3 is 92.6 Å². The minimum absolute atomic E-state index is 0. The molecular formula is C67H85ClF5MgN11O18P2. The van der Waals surface area contributed by atoms with Crippen molar-refractivity contribution in [2.75, 3.05) is 57.3 Å². The first kappa shape index (κ1) is 90.0. The molecule has 0 bridgehead atoms. The molecule has 0 unspecified atom stereocenters. The number of aromatic nitrogens is 6. The molecule has 4 aromatic heterocycles. The summed E-state index contributed by atoms with van der Waals surface area (Å²) in [5.41, 5.74) is 8.18. The van der Waals surface area contributed by atoms with Gasteiger partial charge >= 0.3 is 50.3 Å². The number of benzene rings is 3. The minimum Gasteiger partial charge on any atom is -1.00 e. The van der Waals surface area contributed by atoms with Gasteiger partial charge in [-0.2, -0.15) is 55.4 Å². The Hall–Kier alpha value is -7.41. The molecule has 0 spiro atoms. The van der Waals surface area contributed by atoms with Gasteiger partial charge in [-0.05, 0) is 79.1 Å². The molecule has 10 N–H and O–H groups in total. The SMILES string of the molecule is C1CCOC1.C[C-](C)C.C[C@H](C[P@](=O)(OC[C@H]1O[C@@](C#N)(c2ccc3c(N)ncnn23)[C@H](O)[C@@H]1O)Oc1ccccc1)C(=O)OCC(C)(C)C.C[C@H](N[P@](=O)(Oc1ccccc1)Oc1c(F)c(F)c(F)c(F)c1F)C(=O)OCC(C)(C)C.N#C[C@@]1(c2ccc3c(N)ncnn23)O[C@H](CO)[C@@H](O)[C@H]1O.[Cl-].[Mg+2]. The molecule has 10 rings (SSSR count). The molecule has 105 heavy (non-hydrogen) atoms. The number of nitrogens with zero attached hydrogens (tertiary/aromatic N) is 8. The van der Waals surface area contributed by atoms with E-state index in [-0.39, 0.29) is 94.8 Å². The minimum atomic E-state index is -4.93. The number of esters is 2. The predicted molar refractivity (Wildman–Crippen MR) is 366 cm³/mol. The molecule has 12 atom stereocenters. The molecule has 3 aliphatic heterocycles. The maximum absolute atomic E-state index is 14.1. The molecule has 3 aliphatic rings. The fourth-order valence-electron chi connectivity index (χ4n) is 9.59. The number of anilines is 2. The Kier molecular flexibility index (Phi) is 33.3. The number of aliphatic hydroxyl groups excluding tert-OH is 5. The third-order valence-corrected chi connectivity index (χ3v) is 18.3. The van der Waals surface area contributed by atoms with Gasteiger partial charge in [-0.3, -0.25) is 14.1 Å². The molecule has 38 heteroatoms. The van der Waals surface area contributed by atoms with Crippen LogP contribution in [-0.2, 0) is 58.1 Å². The van der Waals surface area contributed by atoms with Crippen LogP contribution in [0.2, 0.25) is 0 Å². The van der Waals surface area contributed by atoms with Gasteiger partial charge in [0.25, 0.3) is 0 Å². The zero-order valence-electron chi connectivity index (χ0n) is 59.4. The number of carbonyl (C=O) groups is 2. The van der Waals surface area contributed by atoms with Gasteiger partial charge in [0.15, 0.2) is 11.6 Å². The van der Waals surface area contributed by atoms with Crippen molar-refractivity contribution in [2.45, 2.75) is 143 Å². The van der Waals surface area contributed by atoms with Crippen LogP contribution >= 0.6 is 15.3 Å². The number of carbonyl (C=O) groups excluding carboxylic acids is 2. The average molecular weight is 1550 g/mol. The number of fused-ring (bicyclic) bond motifs is 2. The summed E-state index contributed by atoms with van der Waals surface area (Å²) in [6.45, 7) is 21.2. The van der Waals surface area contributed by atoms with E-state index in [1.165, 1.54) is 83.8 Å². The second-order valence-corrected chi connectivity index (χ2v) is 30.3. The summed E-state index contributed by atoms with van der Waals surface area (Å²) in [5.74, 6) is -14.1. The Bertz CT molecular complexity index is 4160. The number of nitrogens with two attached hydrogens (primary N) is 2. The molecular weight excluding hydrogens is 1460 g/mol. The van der Waals surface area contributed by atoms with Crippen LogP contribution in [0, 0.1) is 74.4 Å². The molecule has 0 saturated carbocycles. The number of nitrogen functional groups attached to an aromatic ring is 2. The Balaban J connectivity index is 0.000000323. The van der Waals surface area contributed by atoms with E-state index in [2.05, 4.69) is 50.5 Å². The van der Waals surface area contributed by atoms with E-state index in [1.807, 2.05) is 32.9 Å². The summed E-state index contributed by atoms with van der Waals surface area (Å²) in [6.07, 6.45) is -4.02. The molecule has 3 saturated heterocycles. The zero-order chi connectivity index (χ0) is 76.6. The van der Waals surface area contributed by atoms with Gasteiger partial charge in [-0.1, -0.05) is 84.9 Å². The monoisotopic (exact) mass is 1550 g/mol. The normalized spacial score (nSPS) is 22.1. The van der Waals surface area contributed by atoms with Gasteiger partial charge in [0, 0.05) is 13.2 Å². The van der Waals surface area contributed by atoms with Crippen LogP contribution in [0.15, 0.2) is 97.6 Å². The van der Waals surface area contributed by atoms with E-state index in [9.17, 15) is 76.7 Å². The van der Waals surface area contributed by atoms with Crippen LogP contribution in [-0.4, -0.2) is 178 Å². The molecule has 3 aromatic carbocycles. The fourth-order valence-corrected chi connectivity index (χ4v) is 13.0. The van der Waals surface area contributed by atoms with E-state index >= 15 is 0 Å². The Morgan fingerprint density at radius 1 is 0.676 bits per heavy atom. The number of para-hydroxylation sites is 2. The number of hydrogen-bond donors (Lipinski definition) is 8. The molecule has 7 aromatic rings. The van der Waals surface area contributed by atoms with Gasteiger partial charge in [0.05, 0.1) is 49.9 Å². The summed E-state index contributed by atoms with van der Waals surface area (Å²) in [5, 5.41) is 81.0. The third-order valence-electron chi connectivity index (χ3n) is 14.7. The maximum Gasteiger partial charge on any atom is 2.00 e. The van der Waals surface area contributed by atoms with Crippen molar-refractivity contribution in [3.05, 3.63) is 144 Å². The number of nitrogens with one attached hydrogen (secondary N) is 1. The Morgan fingerprint density at radius 2 is 1.09 bits per heavy atom. The summed E-state index contributed by atoms with van der Waals surface area (Å²) >= 11 is 0. The van der Waals surface area contributed by atoms with Crippen LogP contribution < -0.4 is 42.5 Å². The van der Waals surface area contributed by atoms with Crippen LogP contribution in [0.5, 0.6) is 17.2 Å². The van der Waals surface area contributed by atoms with Crippen molar-refractivity contribution in [3.63, 3.8) is 0 Å². The van der Waals surface area contributed by atoms with E-state index in [0.29, 0.717) is 11.0 Å². The van der Waals surface area contributed by atoms with Gasteiger partial charge in [-0.15, -0.1) is 0 Å². The largest absolute Gasteiger partial charge is 2.00 e. The summed E-state index contributed by atoms with van der Waals surface area (Å²) < 4.78 is 146. The molecule has 0 radical (unpaired) electrons. The van der Waals surface area contributed by atoms with E-state index in [1.54, 1.807) is 76.2 Å². The molecule has 3 fully saturated rings. The number of nitriles is 2. The number of ether oxygens (including phenoxy) is 5. The average Bonchev–Trinajstić information content (AvgIpc) is 1.58. The summed E-state index contributed by atoms with van der Waals surface area (Å²) in [4.78, 5) is 32.6. The van der Waals surface area contributed by atoms with Crippen molar-refractivity contribution in [3.8, 4) is 29.4 Å². The standard InChI is InChI=1S/C27H34N5O8P.C20H21F5NO5P.C12H13N5O4.C4H8O.C4H9.ClH.Mg/c1-17(25(35)37-15-26(2,3)4)13-41(36,40-18-8-6-5-7-9-18)38-12-20-22(33)23(34)27(14-28,39-20)21-11-10-19-24(29)30-16-31-32(19)21;1-11(19(27)29-10-20(2,3)4)26-32(28,30-12-8-6-5-7-9-12)31-18-16(24)14(22)13(21)15(23)17(18)25;13-4-12(10(20)9(19)7(3-18)21-12)8-2-1-6-11(14)15-5-16-17(6)8;1-2-4-5-3-1;1-4(2)3;;/h5-11,16-17,20,22-23,33-34H,12-13,15H2,1-4H3,(H2,29,30,31);5-9,11H,10H2,1-4H3,(H,26,28);1-2,5,7,9-10,18-20H,3H2,(H2,14,15,16);1-4H2;1-3H3;1H;/q;;;;-1;;+2/p-1/t17-,20-,22-,23-,27+,41+;11-,32-;7-,9-,10-,12+;;;;/m101..../s1. The molecule has 29 nitrogen and oxygen atoms in total. The second kappa shape index (κ2) is 38.9. The van der Waals surface area contributed by atoms with Gasteiger partial charge in [-0.25, -0.2) is 41.3 Å². The van der Waals surface area contributed by atoms with Crippen LogP contribution in [0.3, 0.4) is 0 Å². The van der Waals surface area contributed by atoms with E-state index in [0.717, 1.165) is 13.2 Å². The smallest absolute Gasteiger partial charge is 1.00 e. The fraction of sp³-hybridized carbons (Fsp3) is 0.478. The molecule has 570 valence electrons. The first-order valence-electron chi connectivity index (χ1n) is 32.0. The van der Waals surface area contributed by atoms with Crippen LogP contribution in [0.4, 0.5) is 33.6 Å². The second-order valence-electron chi connectivity index (χ2n) is 26.7. The van der Waals surface area contributed by atoms with E-state index < -0.39 is 141 Å². The van der Waals surface area contributed by atoms with Crippen molar-refractivity contribution in [2.24, 2.45) is 16.7 Å². The van der Waals surface area contributed by atoms with Crippen LogP contribution in [0.25, 0.3) is 11.0 Å². The van der Waals surface area contributed by atoms with Crippen molar-refractivity contribution in [1.82, 2.24) is 34.3 Å². The number of halogens is 6. The predicted octanol–water partition coefficient (Wildman–Crippen LogP) is 5.36. The Labute approximate surface area is 625 Å². The number of aliphatic hydroxyl groups is 5. The molecule has 7 heterocycles. The number of hydrogen-bond acceptors (Lipinski definition) is 26. The summed E-state index contributed by atoms with van der Waals surface area (Å²) in [7, 11) is -9.00. The zero-order valence-corrected chi connectivity index (χ0v) is 63.3. The van der Waals surface area contributed by atoms with Gasteiger partial charge in [0.1, 0.15) is 90.0 Å². The molecule has 0 amide bonds. The van der Waals surface area contributed by atoms with Crippen molar-refractivity contribution >= 4 is 73.0 Å². The van der Waals surface area contributed by atoms with Crippen molar-refractivity contribution in [1.29, 1.82) is 10.5 Å². The van der Waals surface area contributed by atoms with E-state index in [4.69, 9.17) is 48.7 Å². The first-order chi connectivity index (χ1) is 48.3. The quantitative estimate of drug-likeness (QED) is 0.00905. The molecule has 0 aliphatic carbocycles. The topological polar surface area (TPSA) is 425 Å². The third kappa shape index (κ3) is 23.3. The maximum atomic E-state index is 14.1.